The van der Waals surface area contributed by atoms with Crippen LogP contribution in [0.2, 0.25) is 0 Å². The predicted octanol–water partition coefficient (Wildman–Crippen LogP) is 2.13. The second-order valence-corrected chi connectivity index (χ2v) is 6.40. The number of likely N-dealkylation sites (tertiary alicyclic amines) is 1. The van der Waals surface area contributed by atoms with Gasteiger partial charge in [-0.1, -0.05) is 19.1 Å². The van der Waals surface area contributed by atoms with Crippen LogP contribution in [0.4, 0.5) is 0 Å². The van der Waals surface area contributed by atoms with Crippen LogP contribution >= 0.6 is 12.2 Å². The molecule has 1 aliphatic rings. The molecule has 24 heavy (non-hydrogen) atoms. The van der Waals surface area contributed by atoms with E-state index in [-0.39, 0.29) is 17.7 Å². The highest BCUT2D eigenvalue weighted by molar-refractivity contribution is 7.80. The molecule has 132 valence electrons. The summed E-state index contributed by atoms with van der Waals surface area (Å²) < 4.78 is 5.23. The van der Waals surface area contributed by atoms with E-state index in [0.29, 0.717) is 13.1 Å². The Morgan fingerprint density at radius 3 is 2.54 bits per heavy atom. The molecule has 5 nitrogen and oxygen atoms in total. The predicted molar refractivity (Wildman–Crippen MR) is 100 cm³/mol. The highest BCUT2D eigenvalue weighted by Gasteiger charge is 2.39. The third-order valence-corrected chi connectivity index (χ3v) is 4.77. The van der Waals surface area contributed by atoms with E-state index in [9.17, 15) is 4.79 Å². The maximum atomic E-state index is 12.6. The molecule has 0 radical (unpaired) electrons. The molecule has 2 atom stereocenters. The van der Waals surface area contributed by atoms with E-state index in [1.165, 1.54) is 0 Å². The first-order valence-corrected chi connectivity index (χ1v) is 8.95. The molecule has 1 fully saturated rings. The van der Waals surface area contributed by atoms with Gasteiger partial charge in [0.05, 0.1) is 13.0 Å². The van der Waals surface area contributed by atoms with E-state index < -0.39 is 0 Å². The first-order chi connectivity index (χ1) is 11.6. The number of thiocarbonyl (C=S) groups is 1. The molecule has 1 saturated heterocycles. The van der Waals surface area contributed by atoms with Gasteiger partial charge in [0, 0.05) is 32.1 Å². The summed E-state index contributed by atoms with van der Waals surface area (Å²) >= 11 is 5.45. The van der Waals surface area contributed by atoms with Gasteiger partial charge in [-0.05, 0) is 43.3 Å². The van der Waals surface area contributed by atoms with Gasteiger partial charge in [0.2, 0.25) is 5.91 Å². The fourth-order valence-corrected chi connectivity index (χ4v) is 3.36. The van der Waals surface area contributed by atoms with Crippen LogP contribution in [0.25, 0.3) is 0 Å². The zero-order chi connectivity index (χ0) is 17.5. The van der Waals surface area contributed by atoms with Crippen molar-refractivity contribution in [3.05, 3.63) is 29.8 Å². The van der Waals surface area contributed by atoms with Gasteiger partial charge in [0.25, 0.3) is 0 Å². The van der Waals surface area contributed by atoms with Gasteiger partial charge in [0.1, 0.15) is 5.75 Å². The minimum atomic E-state index is -0.0958. The number of nitrogens with one attached hydrogen (secondary N) is 2. The molecule has 0 aliphatic carbocycles. The van der Waals surface area contributed by atoms with Gasteiger partial charge < -0.3 is 20.3 Å². The number of hydrogen-bond donors (Lipinski definition) is 2. The van der Waals surface area contributed by atoms with Crippen molar-refractivity contribution in [1.29, 1.82) is 0 Å². The highest BCUT2D eigenvalue weighted by Crippen LogP contribution is 2.33. The van der Waals surface area contributed by atoms with E-state index in [4.69, 9.17) is 17.0 Å². The lowest BCUT2D eigenvalue weighted by Crippen LogP contribution is -2.39. The number of amides is 1. The smallest absolute Gasteiger partial charge is 0.225 e. The van der Waals surface area contributed by atoms with E-state index >= 15 is 0 Å². The maximum Gasteiger partial charge on any atom is 0.225 e. The molecule has 6 heteroatoms. The molecule has 0 saturated carbocycles. The Bertz CT molecular complexity index is 562. The summed E-state index contributed by atoms with van der Waals surface area (Å²) in [6.07, 6.45) is 0.936. The number of carbonyl (C=O) groups is 1. The van der Waals surface area contributed by atoms with Crippen LogP contribution in [0, 0.1) is 5.92 Å². The molecule has 1 amide bonds. The van der Waals surface area contributed by atoms with Gasteiger partial charge in [-0.25, -0.2) is 0 Å². The van der Waals surface area contributed by atoms with Crippen LogP contribution in [0.1, 0.15) is 31.7 Å². The largest absolute Gasteiger partial charge is 0.497 e. The standard InChI is InChI=1S/C18H27N3O2S/c1-4-10-20-17(22)16-12-21(18(24)19-5-2)11-15(16)13-6-8-14(23-3)9-7-13/h6-9,15-16H,4-5,10-12H2,1-3H3,(H,19,24)(H,20,22)/t15-,16+/m0/s1. The first-order valence-electron chi connectivity index (χ1n) is 8.55. The molecular formula is C18H27N3O2S. The fourth-order valence-electron chi connectivity index (χ4n) is 3.07. The monoisotopic (exact) mass is 349 g/mol. The van der Waals surface area contributed by atoms with E-state index in [2.05, 4.69) is 22.5 Å². The molecule has 1 aromatic carbocycles. The molecule has 0 spiro atoms. The van der Waals surface area contributed by atoms with Crippen molar-refractivity contribution in [1.82, 2.24) is 15.5 Å². The molecular weight excluding hydrogens is 322 g/mol. The third-order valence-electron chi connectivity index (χ3n) is 4.37. The lowest BCUT2D eigenvalue weighted by Gasteiger charge is -2.19. The Hall–Kier alpha value is -1.82. The Labute approximate surface area is 149 Å². The number of benzene rings is 1. The topological polar surface area (TPSA) is 53.6 Å². The van der Waals surface area contributed by atoms with Gasteiger partial charge in [-0.3, -0.25) is 4.79 Å². The van der Waals surface area contributed by atoms with Crippen LogP contribution in [0.15, 0.2) is 24.3 Å². The molecule has 1 aliphatic heterocycles. The second kappa shape index (κ2) is 8.87. The van der Waals surface area contributed by atoms with Crippen LogP contribution in [0.3, 0.4) is 0 Å². The molecule has 2 rings (SSSR count). The van der Waals surface area contributed by atoms with Gasteiger partial charge in [-0.15, -0.1) is 0 Å². The lowest BCUT2D eigenvalue weighted by molar-refractivity contribution is -0.124. The number of ether oxygens (including phenoxy) is 1. The van der Waals surface area contributed by atoms with Gasteiger partial charge in [-0.2, -0.15) is 0 Å². The highest BCUT2D eigenvalue weighted by atomic mass is 32.1. The Morgan fingerprint density at radius 2 is 1.96 bits per heavy atom. The lowest BCUT2D eigenvalue weighted by atomic mass is 9.88. The van der Waals surface area contributed by atoms with Crippen molar-refractivity contribution >= 4 is 23.2 Å². The zero-order valence-corrected chi connectivity index (χ0v) is 15.5. The average molecular weight is 350 g/mol. The van der Waals surface area contributed by atoms with Gasteiger partial charge in [0.15, 0.2) is 5.11 Å². The van der Waals surface area contributed by atoms with Crippen molar-refractivity contribution in [3.8, 4) is 5.75 Å². The fraction of sp³-hybridized carbons (Fsp3) is 0.556. The summed E-state index contributed by atoms with van der Waals surface area (Å²) in [6, 6.07) is 7.98. The third kappa shape index (κ3) is 4.38. The average Bonchev–Trinajstić information content (AvgIpc) is 3.05. The number of nitrogens with zero attached hydrogens (tertiary/aromatic N) is 1. The summed E-state index contributed by atoms with van der Waals surface area (Å²) in [7, 11) is 1.65. The van der Waals surface area contributed by atoms with E-state index in [0.717, 1.165) is 35.9 Å². The summed E-state index contributed by atoms with van der Waals surface area (Å²) in [4.78, 5) is 14.7. The Morgan fingerprint density at radius 1 is 1.25 bits per heavy atom. The summed E-state index contributed by atoms with van der Waals surface area (Å²) in [5.74, 6) is 0.967. The molecule has 1 heterocycles. The van der Waals surface area contributed by atoms with Crippen LogP contribution in [0.5, 0.6) is 5.75 Å². The molecule has 0 bridgehead atoms. The Kier molecular flexibility index (Phi) is 6.85. The van der Waals surface area contributed by atoms with Crippen molar-refractivity contribution < 1.29 is 9.53 Å². The summed E-state index contributed by atoms with van der Waals surface area (Å²) in [6.45, 7) is 6.98. The minimum absolute atomic E-state index is 0.0958. The van der Waals surface area contributed by atoms with Crippen molar-refractivity contribution in [2.45, 2.75) is 26.2 Å². The van der Waals surface area contributed by atoms with Crippen molar-refractivity contribution in [2.24, 2.45) is 5.92 Å². The SMILES string of the molecule is CCCNC(=O)[C@@H]1CN(C(=S)NCC)C[C@H]1c1ccc(OC)cc1. The quantitative estimate of drug-likeness (QED) is 0.771. The van der Waals surface area contributed by atoms with E-state index in [1.54, 1.807) is 7.11 Å². The number of carbonyl (C=O) groups excluding carboxylic acids is 1. The molecule has 1 aromatic rings. The van der Waals surface area contributed by atoms with Crippen molar-refractivity contribution in [3.63, 3.8) is 0 Å². The second-order valence-electron chi connectivity index (χ2n) is 6.02. The molecule has 0 unspecified atom stereocenters. The van der Waals surface area contributed by atoms with E-state index in [1.807, 2.05) is 31.2 Å². The first kappa shape index (κ1) is 18.5. The van der Waals surface area contributed by atoms with Crippen LogP contribution in [-0.4, -0.2) is 49.2 Å². The van der Waals surface area contributed by atoms with Crippen LogP contribution < -0.4 is 15.4 Å². The number of rotatable bonds is 6. The van der Waals surface area contributed by atoms with Crippen LogP contribution in [-0.2, 0) is 4.79 Å². The van der Waals surface area contributed by atoms with Crippen molar-refractivity contribution in [2.75, 3.05) is 33.3 Å². The van der Waals surface area contributed by atoms with Gasteiger partial charge >= 0.3 is 0 Å². The minimum Gasteiger partial charge on any atom is -0.497 e. The molecule has 2 N–H and O–H groups in total. The molecule has 0 aromatic heterocycles. The number of methoxy groups -OCH3 is 1. The summed E-state index contributed by atoms with van der Waals surface area (Å²) in [5.41, 5.74) is 1.15. The normalized spacial score (nSPS) is 19.9. The maximum absolute atomic E-state index is 12.6. The summed E-state index contributed by atoms with van der Waals surface area (Å²) in [5, 5.41) is 6.94. The number of hydrogen-bond acceptors (Lipinski definition) is 3. The zero-order valence-electron chi connectivity index (χ0n) is 14.7. The Balaban J connectivity index is 2.18.